The van der Waals surface area contributed by atoms with Crippen LogP contribution in [0.25, 0.3) is 11.8 Å². The second kappa shape index (κ2) is 7.72. The van der Waals surface area contributed by atoms with Crippen molar-refractivity contribution in [1.29, 1.82) is 5.26 Å². The smallest absolute Gasteiger partial charge is 0.270 e. The van der Waals surface area contributed by atoms with Crippen molar-refractivity contribution >= 4 is 17.5 Å². The molecule has 3 aromatic rings. The Balaban J connectivity index is 2.02. The van der Waals surface area contributed by atoms with Crippen molar-refractivity contribution in [2.24, 2.45) is 0 Å². The summed E-state index contributed by atoms with van der Waals surface area (Å²) in [6.07, 6.45) is 1.53. The number of nitriles is 1. The highest BCUT2D eigenvalue weighted by Crippen LogP contribution is 2.24. The molecule has 0 aliphatic carbocycles. The van der Waals surface area contributed by atoms with E-state index >= 15 is 0 Å². The summed E-state index contributed by atoms with van der Waals surface area (Å²) in [5, 5.41) is 20.4. The van der Waals surface area contributed by atoms with Gasteiger partial charge < -0.3 is 4.57 Å². The lowest BCUT2D eigenvalue weighted by Crippen LogP contribution is -2.03. The second-order valence-electron chi connectivity index (χ2n) is 6.30. The Morgan fingerprint density at radius 3 is 2.46 bits per heavy atom. The van der Waals surface area contributed by atoms with Gasteiger partial charge in [0.1, 0.15) is 11.6 Å². The third kappa shape index (κ3) is 3.60. The molecule has 0 radical (unpaired) electrons. The normalized spacial score (nSPS) is 11.1. The summed E-state index contributed by atoms with van der Waals surface area (Å²) in [5.74, 6) is -0.546. The molecule has 28 heavy (non-hydrogen) atoms. The molecule has 0 unspecified atom stereocenters. The van der Waals surface area contributed by atoms with E-state index in [2.05, 4.69) is 0 Å². The number of nitro benzene ring substituents is 1. The maximum Gasteiger partial charge on any atom is 0.270 e. The molecule has 0 spiro atoms. The van der Waals surface area contributed by atoms with Gasteiger partial charge in [0.15, 0.2) is 0 Å². The van der Waals surface area contributed by atoms with E-state index in [-0.39, 0.29) is 16.8 Å². The first-order valence-electron chi connectivity index (χ1n) is 8.57. The Morgan fingerprint density at radius 1 is 1.11 bits per heavy atom. The molecule has 2 aromatic carbocycles. The zero-order valence-electron chi connectivity index (χ0n) is 15.4. The number of nitro groups is 1. The van der Waals surface area contributed by atoms with Crippen LogP contribution in [0.4, 0.5) is 5.69 Å². The van der Waals surface area contributed by atoms with Crippen LogP contribution < -0.4 is 0 Å². The summed E-state index contributed by atoms with van der Waals surface area (Å²) in [4.78, 5) is 23.1. The van der Waals surface area contributed by atoms with Gasteiger partial charge in [-0.05, 0) is 43.7 Å². The van der Waals surface area contributed by atoms with Gasteiger partial charge in [0.25, 0.3) is 5.69 Å². The van der Waals surface area contributed by atoms with E-state index in [1.165, 1.54) is 30.3 Å². The number of Topliss-reactive ketones (excluding diaryl/α,β-unsaturated/α-hetero) is 1. The SMILES string of the molecule is Cc1cc(/C=C(\C#N)C(=O)c2cccc([N+](=O)[O-])c2)c(C)n1-c1ccccc1. The van der Waals surface area contributed by atoms with Crippen molar-refractivity contribution in [3.05, 3.63) is 98.9 Å². The predicted octanol–water partition coefficient (Wildman–Crippen LogP) is 4.79. The summed E-state index contributed by atoms with van der Waals surface area (Å²) in [5.41, 5.74) is 3.44. The fraction of sp³-hybridized carbons (Fsp3) is 0.0909. The molecule has 0 N–H and O–H groups in total. The predicted molar refractivity (Wildman–Crippen MR) is 106 cm³/mol. The number of rotatable bonds is 5. The Kier molecular flexibility index (Phi) is 5.18. The molecule has 138 valence electrons. The molecule has 0 bridgehead atoms. The number of para-hydroxylation sites is 1. The van der Waals surface area contributed by atoms with Gasteiger partial charge in [0.2, 0.25) is 5.78 Å². The van der Waals surface area contributed by atoms with Crippen molar-refractivity contribution in [2.75, 3.05) is 0 Å². The molecule has 6 heteroatoms. The van der Waals surface area contributed by atoms with Gasteiger partial charge in [0, 0.05) is 34.8 Å². The second-order valence-corrected chi connectivity index (χ2v) is 6.30. The fourth-order valence-corrected chi connectivity index (χ4v) is 3.13. The average Bonchev–Trinajstić information content (AvgIpc) is 2.99. The van der Waals surface area contributed by atoms with E-state index < -0.39 is 10.7 Å². The van der Waals surface area contributed by atoms with Crippen molar-refractivity contribution < 1.29 is 9.72 Å². The Bertz CT molecular complexity index is 1140. The molecule has 3 rings (SSSR count). The molecule has 0 saturated carbocycles. The summed E-state index contributed by atoms with van der Waals surface area (Å²) < 4.78 is 2.04. The number of carbonyl (C=O) groups is 1. The molecular weight excluding hydrogens is 354 g/mol. The molecule has 1 heterocycles. The zero-order chi connectivity index (χ0) is 20.3. The van der Waals surface area contributed by atoms with Gasteiger partial charge in [-0.1, -0.05) is 30.3 Å². The third-order valence-electron chi connectivity index (χ3n) is 4.47. The minimum Gasteiger partial charge on any atom is -0.318 e. The minimum absolute atomic E-state index is 0.0752. The number of hydrogen-bond acceptors (Lipinski definition) is 4. The number of hydrogen-bond donors (Lipinski definition) is 0. The molecule has 0 aliphatic rings. The number of carbonyl (C=O) groups excluding carboxylic acids is 1. The first-order chi connectivity index (χ1) is 13.4. The molecular formula is C22H17N3O3. The molecule has 0 fully saturated rings. The standard InChI is InChI=1S/C22H17N3O3/c1-15-11-18(16(2)24(15)20-8-4-3-5-9-20)12-19(14-23)22(26)17-7-6-10-21(13-17)25(27)28/h3-13H,1-2H3/b19-12+. The molecule has 0 atom stereocenters. The molecule has 0 aliphatic heterocycles. The number of non-ortho nitro benzene ring substituents is 1. The van der Waals surface area contributed by atoms with E-state index in [4.69, 9.17) is 0 Å². The zero-order valence-corrected chi connectivity index (χ0v) is 15.4. The Hall–Kier alpha value is -3.98. The number of allylic oxidation sites excluding steroid dienone is 1. The van der Waals surface area contributed by atoms with Gasteiger partial charge in [-0.2, -0.15) is 5.26 Å². The van der Waals surface area contributed by atoms with E-state index in [1.54, 1.807) is 0 Å². The van der Waals surface area contributed by atoms with Crippen LogP contribution in [0, 0.1) is 35.3 Å². The van der Waals surface area contributed by atoms with Crippen LogP contribution in [0.15, 0.2) is 66.2 Å². The van der Waals surface area contributed by atoms with E-state index in [0.717, 1.165) is 22.6 Å². The van der Waals surface area contributed by atoms with Gasteiger partial charge in [-0.25, -0.2) is 0 Å². The van der Waals surface area contributed by atoms with Crippen LogP contribution in [0.3, 0.4) is 0 Å². The quantitative estimate of drug-likeness (QED) is 0.212. The van der Waals surface area contributed by atoms with Crippen LogP contribution >= 0.6 is 0 Å². The fourth-order valence-electron chi connectivity index (χ4n) is 3.13. The number of aryl methyl sites for hydroxylation is 1. The molecule has 0 saturated heterocycles. The molecule has 6 nitrogen and oxygen atoms in total. The van der Waals surface area contributed by atoms with Gasteiger partial charge in [-0.3, -0.25) is 14.9 Å². The summed E-state index contributed by atoms with van der Waals surface area (Å²) in [6.45, 7) is 3.87. The first-order valence-corrected chi connectivity index (χ1v) is 8.57. The summed E-state index contributed by atoms with van der Waals surface area (Å²) >= 11 is 0. The largest absolute Gasteiger partial charge is 0.318 e. The van der Waals surface area contributed by atoms with E-state index in [0.29, 0.717) is 0 Å². The number of aromatic nitrogens is 1. The lowest BCUT2D eigenvalue weighted by Gasteiger charge is -2.09. The van der Waals surface area contributed by atoms with Crippen molar-refractivity contribution in [1.82, 2.24) is 4.57 Å². The van der Waals surface area contributed by atoms with Crippen molar-refractivity contribution in [3.63, 3.8) is 0 Å². The van der Waals surface area contributed by atoms with Crippen molar-refractivity contribution in [2.45, 2.75) is 13.8 Å². The Labute approximate surface area is 162 Å². The molecule has 0 amide bonds. The highest BCUT2D eigenvalue weighted by molar-refractivity contribution is 6.14. The maximum atomic E-state index is 12.7. The van der Waals surface area contributed by atoms with Crippen LogP contribution in [0.5, 0.6) is 0 Å². The van der Waals surface area contributed by atoms with Crippen LogP contribution in [0.1, 0.15) is 27.3 Å². The number of nitrogens with zero attached hydrogens (tertiary/aromatic N) is 3. The van der Waals surface area contributed by atoms with Crippen molar-refractivity contribution in [3.8, 4) is 11.8 Å². The third-order valence-corrected chi connectivity index (χ3v) is 4.47. The lowest BCUT2D eigenvalue weighted by atomic mass is 10.0. The highest BCUT2D eigenvalue weighted by Gasteiger charge is 2.17. The molecule has 1 aromatic heterocycles. The number of benzene rings is 2. The monoisotopic (exact) mass is 371 g/mol. The topological polar surface area (TPSA) is 88.9 Å². The first kappa shape index (κ1) is 18.8. The van der Waals surface area contributed by atoms with Crippen LogP contribution in [-0.4, -0.2) is 15.3 Å². The summed E-state index contributed by atoms with van der Waals surface area (Å²) in [7, 11) is 0. The average molecular weight is 371 g/mol. The maximum absolute atomic E-state index is 12.7. The van der Waals surface area contributed by atoms with E-state index in [1.807, 2.05) is 60.9 Å². The number of ketones is 1. The lowest BCUT2D eigenvalue weighted by molar-refractivity contribution is -0.384. The Morgan fingerprint density at radius 2 is 1.82 bits per heavy atom. The van der Waals surface area contributed by atoms with E-state index in [9.17, 15) is 20.2 Å². The highest BCUT2D eigenvalue weighted by atomic mass is 16.6. The van der Waals surface area contributed by atoms with Crippen LogP contribution in [0.2, 0.25) is 0 Å². The van der Waals surface area contributed by atoms with Crippen LogP contribution in [-0.2, 0) is 0 Å². The van der Waals surface area contributed by atoms with Gasteiger partial charge >= 0.3 is 0 Å². The van der Waals surface area contributed by atoms with Gasteiger partial charge in [-0.15, -0.1) is 0 Å². The minimum atomic E-state index is -0.569. The summed E-state index contributed by atoms with van der Waals surface area (Å²) in [6, 6.07) is 19.0. The van der Waals surface area contributed by atoms with Gasteiger partial charge in [0.05, 0.1) is 4.92 Å².